The van der Waals surface area contributed by atoms with E-state index < -0.39 is 5.91 Å². The highest BCUT2D eigenvalue weighted by molar-refractivity contribution is 6.32. The topological polar surface area (TPSA) is 71.8 Å². The van der Waals surface area contributed by atoms with E-state index in [0.29, 0.717) is 11.0 Å². The number of halogens is 2. The first-order valence-corrected chi connectivity index (χ1v) is 10.9. The maximum absolute atomic E-state index is 13.5. The molecule has 168 valence electrons. The lowest BCUT2D eigenvalue weighted by atomic mass is 10.0. The van der Waals surface area contributed by atoms with Crippen molar-refractivity contribution in [3.8, 4) is 0 Å². The molecule has 2 heterocycles. The van der Waals surface area contributed by atoms with Crippen molar-refractivity contribution >= 4 is 41.2 Å². The van der Waals surface area contributed by atoms with Gasteiger partial charge in [-0.15, -0.1) is 5.10 Å². The molecule has 0 spiro atoms. The van der Waals surface area contributed by atoms with E-state index in [0.717, 1.165) is 22.4 Å². The van der Waals surface area contributed by atoms with Crippen LogP contribution in [0.3, 0.4) is 0 Å². The molecule has 2 N–H and O–H groups in total. The number of allylic oxidation sites excluding steroid dienone is 1. The second-order valence-corrected chi connectivity index (χ2v) is 8.02. The van der Waals surface area contributed by atoms with Crippen LogP contribution >= 0.6 is 11.6 Å². The Hall–Kier alpha value is -4.23. The van der Waals surface area contributed by atoms with Crippen molar-refractivity contribution in [1.82, 2.24) is 14.8 Å². The van der Waals surface area contributed by atoms with Gasteiger partial charge in [0.15, 0.2) is 0 Å². The van der Waals surface area contributed by atoms with Crippen molar-refractivity contribution in [3.05, 3.63) is 119 Å². The Balaban J connectivity index is 1.43. The molecule has 0 saturated carbocycles. The van der Waals surface area contributed by atoms with Crippen LogP contribution in [0, 0.1) is 5.82 Å². The molecule has 3 aromatic carbocycles. The van der Waals surface area contributed by atoms with Crippen molar-refractivity contribution in [3.63, 3.8) is 0 Å². The van der Waals surface area contributed by atoms with Gasteiger partial charge in [0.25, 0.3) is 11.9 Å². The minimum absolute atomic E-state index is 0.145. The van der Waals surface area contributed by atoms with Gasteiger partial charge in [0.05, 0.1) is 0 Å². The van der Waals surface area contributed by atoms with Gasteiger partial charge in [-0.2, -0.15) is 4.98 Å². The fourth-order valence-electron chi connectivity index (χ4n) is 3.66. The van der Waals surface area contributed by atoms with Crippen LogP contribution in [0.4, 0.5) is 16.3 Å². The molecule has 6 nitrogen and oxygen atoms in total. The number of hydrogen-bond acceptors (Lipinski definition) is 4. The van der Waals surface area contributed by atoms with Crippen molar-refractivity contribution < 1.29 is 9.18 Å². The van der Waals surface area contributed by atoms with Gasteiger partial charge in [-0.05, 0) is 47.0 Å². The Morgan fingerprint density at radius 3 is 2.53 bits per heavy atom. The Labute approximate surface area is 200 Å². The van der Waals surface area contributed by atoms with E-state index in [4.69, 9.17) is 11.6 Å². The van der Waals surface area contributed by atoms with Crippen molar-refractivity contribution in [2.45, 2.75) is 6.04 Å². The number of nitrogens with one attached hydrogen (secondary N) is 2. The third kappa shape index (κ3) is 4.60. The van der Waals surface area contributed by atoms with Gasteiger partial charge >= 0.3 is 0 Å². The monoisotopic (exact) mass is 471 g/mol. The first kappa shape index (κ1) is 21.6. The number of nitrogens with zero attached hydrogens (tertiary/aromatic N) is 3. The van der Waals surface area contributed by atoms with Crippen LogP contribution in [-0.4, -0.2) is 20.7 Å². The van der Waals surface area contributed by atoms with Crippen LogP contribution in [0.25, 0.3) is 11.8 Å². The number of benzene rings is 3. The smallest absolute Gasteiger partial charge is 0.250 e. The highest BCUT2D eigenvalue weighted by atomic mass is 35.5. The van der Waals surface area contributed by atoms with Gasteiger partial charge in [-0.1, -0.05) is 72.3 Å². The second-order valence-electron chi connectivity index (χ2n) is 7.62. The molecule has 0 bridgehead atoms. The average Bonchev–Trinajstić information content (AvgIpc) is 3.26. The largest absolute Gasteiger partial charge is 0.324 e. The fraction of sp³-hybridized carbons (Fsp3) is 0.0385. The highest BCUT2D eigenvalue weighted by Gasteiger charge is 2.25. The quantitative estimate of drug-likeness (QED) is 0.362. The number of carbonyl (C=O) groups excluding carboxylic acids is 1. The normalized spacial score (nSPS) is 14.9. The number of fused-ring (bicyclic) bond motifs is 1. The van der Waals surface area contributed by atoms with E-state index in [-0.39, 0.29) is 17.8 Å². The maximum Gasteiger partial charge on any atom is 0.250 e. The summed E-state index contributed by atoms with van der Waals surface area (Å²) in [5.41, 5.74) is 3.37. The SMILES string of the molecule is O=C(/C=C/c1ccccc1Cl)Nc1nc2n(n1)[C@@H](c1ccc(F)cc1)C=C(c1ccccc1)N2. The summed E-state index contributed by atoms with van der Waals surface area (Å²) in [6, 6.07) is 22.9. The standard InChI is InChI=1S/C26H19ClFN5O/c27-21-9-5-4-6-17(21)12-15-24(34)30-25-31-26-29-22(18-7-2-1-3-8-18)16-23(33(26)32-25)19-10-13-20(28)14-11-19/h1-16,23H,(H2,29,30,31,32,34)/b15-12+/t23-/m1/s1. The summed E-state index contributed by atoms with van der Waals surface area (Å²) in [7, 11) is 0. The molecule has 0 aliphatic carbocycles. The Bertz CT molecular complexity index is 1400. The molecule has 0 radical (unpaired) electrons. The molecule has 1 aromatic heterocycles. The molecule has 34 heavy (non-hydrogen) atoms. The summed E-state index contributed by atoms with van der Waals surface area (Å²) < 4.78 is 15.2. The first-order valence-electron chi connectivity index (χ1n) is 10.6. The molecule has 0 unspecified atom stereocenters. The zero-order chi connectivity index (χ0) is 23.5. The summed E-state index contributed by atoms with van der Waals surface area (Å²) >= 11 is 6.14. The fourth-order valence-corrected chi connectivity index (χ4v) is 3.86. The molecule has 1 aliphatic rings. The van der Waals surface area contributed by atoms with Crippen LogP contribution in [0.2, 0.25) is 5.02 Å². The second kappa shape index (κ2) is 9.33. The van der Waals surface area contributed by atoms with Gasteiger partial charge in [-0.25, -0.2) is 9.07 Å². The van der Waals surface area contributed by atoms with Gasteiger partial charge in [0.2, 0.25) is 5.95 Å². The van der Waals surface area contributed by atoms with E-state index >= 15 is 0 Å². The minimum atomic E-state index is -0.391. The van der Waals surface area contributed by atoms with Crippen LogP contribution < -0.4 is 10.6 Å². The number of anilines is 2. The molecular weight excluding hydrogens is 453 g/mol. The maximum atomic E-state index is 13.5. The van der Waals surface area contributed by atoms with Gasteiger partial charge in [0, 0.05) is 16.8 Å². The lowest BCUT2D eigenvalue weighted by Gasteiger charge is -2.24. The summed E-state index contributed by atoms with van der Waals surface area (Å²) in [5.74, 6) is -0.105. The number of carbonyl (C=O) groups is 1. The lowest BCUT2D eigenvalue weighted by Crippen LogP contribution is -2.20. The van der Waals surface area contributed by atoms with E-state index in [1.807, 2.05) is 54.6 Å². The van der Waals surface area contributed by atoms with E-state index in [1.165, 1.54) is 18.2 Å². The van der Waals surface area contributed by atoms with Gasteiger partial charge in [-0.3, -0.25) is 10.1 Å². The van der Waals surface area contributed by atoms with Gasteiger partial charge < -0.3 is 5.32 Å². The highest BCUT2D eigenvalue weighted by Crippen LogP contribution is 2.33. The zero-order valence-corrected chi connectivity index (χ0v) is 18.6. The molecule has 5 rings (SSSR count). The van der Waals surface area contributed by atoms with Gasteiger partial charge in [0.1, 0.15) is 11.9 Å². The molecule has 1 atom stereocenters. The molecular formula is C26H19ClFN5O. The van der Waals surface area contributed by atoms with E-state index in [2.05, 4.69) is 20.7 Å². The van der Waals surface area contributed by atoms with Crippen LogP contribution in [-0.2, 0) is 4.79 Å². The summed E-state index contributed by atoms with van der Waals surface area (Å²) in [5, 5.41) is 11.0. The van der Waals surface area contributed by atoms with Crippen LogP contribution in [0.15, 0.2) is 91.0 Å². The van der Waals surface area contributed by atoms with Crippen LogP contribution in [0.5, 0.6) is 0 Å². The minimum Gasteiger partial charge on any atom is -0.324 e. The Morgan fingerprint density at radius 1 is 1.03 bits per heavy atom. The van der Waals surface area contributed by atoms with E-state index in [1.54, 1.807) is 29.0 Å². The first-order chi connectivity index (χ1) is 16.6. The number of aromatic nitrogens is 3. The Morgan fingerprint density at radius 2 is 1.76 bits per heavy atom. The van der Waals surface area contributed by atoms with Crippen molar-refractivity contribution in [1.29, 1.82) is 0 Å². The third-order valence-corrected chi connectivity index (χ3v) is 5.66. The number of hydrogen-bond donors (Lipinski definition) is 2. The lowest BCUT2D eigenvalue weighted by molar-refractivity contribution is -0.111. The average molecular weight is 472 g/mol. The summed E-state index contributed by atoms with van der Waals surface area (Å²) in [6.45, 7) is 0. The van der Waals surface area contributed by atoms with Crippen molar-refractivity contribution in [2.24, 2.45) is 0 Å². The molecule has 1 aliphatic heterocycles. The van der Waals surface area contributed by atoms with Crippen molar-refractivity contribution in [2.75, 3.05) is 10.6 Å². The molecule has 0 fully saturated rings. The zero-order valence-electron chi connectivity index (χ0n) is 17.8. The number of amides is 1. The predicted octanol–water partition coefficient (Wildman–Crippen LogP) is 5.78. The summed E-state index contributed by atoms with van der Waals surface area (Å²) in [4.78, 5) is 16.9. The molecule has 0 saturated heterocycles. The summed E-state index contributed by atoms with van der Waals surface area (Å²) in [6.07, 6.45) is 5.00. The molecule has 4 aromatic rings. The predicted molar refractivity (Wildman–Crippen MR) is 132 cm³/mol. The number of rotatable bonds is 5. The van der Waals surface area contributed by atoms with Crippen LogP contribution in [0.1, 0.15) is 22.7 Å². The third-order valence-electron chi connectivity index (χ3n) is 5.32. The van der Waals surface area contributed by atoms with E-state index in [9.17, 15) is 9.18 Å². The molecule has 8 heteroatoms. The Kier molecular flexibility index (Phi) is 5.93. The molecule has 1 amide bonds.